The number of ether oxygens (including phenoxy) is 1. The molecule has 0 N–H and O–H groups in total. The highest BCUT2D eigenvalue weighted by Gasteiger charge is 2.14. The molecule has 0 atom stereocenters. The number of methoxy groups -OCH3 is 1. The van der Waals surface area contributed by atoms with E-state index in [1.807, 2.05) is 41.8 Å². The van der Waals surface area contributed by atoms with Crippen LogP contribution in [0.25, 0.3) is 22.2 Å². The zero-order valence-electron chi connectivity index (χ0n) is 13.2. The summed E-state index contributed by atoms with van der Waals surface area (Å²) in [5, 5.41) is 6.10. The van der Waals surface area contributed by atoms with E-state index >= 15 is 0 Å². The summed E-state index contributed by atoms with van der Waals surface area (Å²) in [5.41, 5.74) is 1.40. The molecule has 0 unspecified atom stereocenters. The molecular weight excluding hydrogens is 342 g/mol. The first kappa shape index (κ1) is 15.4. The van der Waals surface area contributed by atoms with Gasteiger partial charge in [0.2, 0.25) is 5.89 Å². The van der Waals surface area contributed by atoms with Crippen LogP contribution < -0.4 is 10.5 Å². The van der Waals surface area contributed by atoms with Gasteiger partial charge in [0.05, 0.1) is 18.5 Å². The maximum Gasteiger partial charge on any atom is 0.437 e. The van der Waals surface area contributed by atoms with Crippen LogP contribution in [-0.2, 0) is 6.54 Å². The molecule has 0 amide bonds. The van der Waals surface area contributed by atoms with Crippen molar-refractivity contribution in [1.29, 1.82) is 0 Å². The van der Waals surface area contributed by atoms with E-state index in [-0.39, 0.29) is 6.54 Å². The van der Waals surface area contributed by atoms with E-state index in [1.165, 1.54) is 22.3 Å². The second kappa shape index (κ2) is 6.40. The fourth-order valence-electron chi connectivity index (χ4n) is 2.31. The monoisotopic (exact) mass is 355 g/mol. The van der Waals surface area contributed by atoms with E-state index in [2.05, 4.69) is 10.1 Å². The van der Waals surface area contributed by atoms with Crippen molar-refractivity contribution in [2.45, 2.75) is 6.54 Å². The fraction of sp³-hybridized carbons (Fsp3) is 0.118. The average Bonchev–Trinajstić information content (AvgIpc) is 3.37. The third kappa shape index (κ3) is 3.11. The van der Waals surface area contributed by atoms with Crippen molar-refractivity contribution in [3.63, 3.8) is 0 Å². The number of nitrogens with zero attached hydrogens (tertiary/aromatic N) is 3. The van der Waals surface area contributed by atoms with Crippen LogP contribution in [-0.4, -0.2) is 21.9 Å². The standard InChI is InChI=1S/C17H13N3O4S/c1-22-13-6-4-11(5-7-13)15-18-12(10-23-15)9-20-17(21)24-16(19-20)14-3-2-8-25-14/h2-8,10H,9H2,1H3. The summed E-state index contributed by atoms with van der Waals surface area (Å²) in [7, 11) is 1.61. The second-order valence-corrected chi connectivity index (χ2v) is 6.13. The van der Waals surface area contributed by atoms with Gasteiger partial charge < -0.3 is 13.6 Å². The molecule has 0 bridgehead atoms. The summed E-state index contributed by atoms with van der Waals surface area (Å²) < 4.78 is 17.0. The van der Waals surface area contributed by atoms with E-state index in [0.29, 0.717) is 17.5 Å². The minimum atomic E-state index is -0.530. The number of oxazole rings is 1. The molecule has 0 fully saturated rings. The van der Waals surface area contributed by atoms with E-state index < -0.39 is 5.76 Å². The maximum absolute atomic E-state index is 12.0. The molecule has 8 heteroatoms. The molecule has 0 saturated heterocycles. The third-order valence-corrected chi connectivity index (χ3v) is 4.40. The topological polar surface area (TPSA) is 83.3 Å². The zero-order chi connectivity index (χ0) is 17.2. The predicted molar refractivity (Wildman–Crippen MR) is 91.7 cm³/mol. The van der Waals surface area contributed by atoms with E-state index in [0.717, 1.165) is 16.2 Å². The lowest BCUT2D eigenvalue weighted by atomic mass is 10.2. The van der Waals surface area contributed by atoms with Gasteiger partial charge in [0.25, 0.3) is 5.89 Å². The lowest BCUT2D eigenvalue weighted by Gasteiger charge is -1.99. The van der Waals surface area contributed by atoms with Crippen molar-refractivity contribution in [3.8, 4) is 28.0 Å². The molecule has 1 aromatic carbocycles. The molecule has 0 aliphatic heterocycles. The highest BCUT2D eigenvalue weighted by Crippen LogP contribution is 2.23. The molecule has 126 valence electrons. The van der Waals surface area contributed by atoms with Gasteiger partial charge in [0.1, 0.15) is 17.7 Å². The summed E-state index contributed by atoms with van der Waals surface area (Å²) >= 11 is 1.46. The van der Waals surface area contributed by atoms with Crippen LogP contribution in [0.5, 0.6) is 5.75 Å². The van der Waals surface area contributed by atoms with Crippen molar-refractivity contribution in [1.82, 2.24) is 14.8 Å². The van der Waals surface area contributed by atoms with Gasteiger partial charge in [-0.2, -0.15) is 4.68 Å². The highest BCUT2D eigenvalue weighted by atomic mass is 32.1. The largest absolute Gasteiger partial charge is 0.497 e. The first-order chi connectivity index (χ1) is 12.2. The molecule has 0 aliphatic carbocycles. The number of rotatable bonds is 5. The molecule has 3 aromatic heterocycles. The average molecular weight is 355 g/mol. The van der Waals surface area contributed by atoms with Crippen LogP contribution >= 0.6 is 11.3 Å². The molecule has 0 aliphatic rings. The van der Waals surface area contributed by atoms with Gasteiger partial charge in [-0.05, 0) is 35.7 Å². The first-order valence-electron chi connectivity index (χ1n) is 7.43. The number of benzene rings is 1. The number of hydrogen-bond donors (Lipinski definition) is 0. The van der Waals surface area contributed by atoms with E-state index in [4.69, 9.17) is 13.6 Å². The van der Waals surface area contributed by atoms with Crippen LogP contribution in [0, 0.1) is 0 Å². The second-order valence-electron chi connectivity index (χ2n) is 5.18. The molecule has 25 heavy (non-hydrogen) atoms. The van der Waals surface area contributed by atoms with Gasteiger partial charge in [0.15, 0.2) is 0 Å². The Hall–Kier alpha value is -3.13. The number of aromatic nitrogens is 3. The highest BCUT2D eigenvalue weighted by molar-refractivity contribution is 7.13. The maximum atomic E-state index is 12.0. The summed E-state index contributed by atoms with van der Waals surface area (Å²) in [4.78, 5) is 17.2. The van der Waals surface area contributed by atoms with Crippen molar-refractivity contribution in [2.24, 2.45) is 0 Å². The Morgan fingerprint density at radius 3 is 2.76 bits per heavy atom. The van der Waals surface area contributed by atoms with Crippen LogP contribution in [0.1, 0.15) is 5.69 Å². The molecule has 0 radical (unpaired) electrons. The molecule has 0 saturated carbocycles. The number of thiophene rings is 1. The third-order valence-electron chi connectivity index (χ3n) is 3.54. The van der Waals surface area contributed by atoms with Crippen LogP contribution in [0.3, 0.4) is 0 Å². The van der Waals surface area contributed by atoms with Gasteiger partial charge in [-0.1, -0.05) is 6.07 Å². The molecule has 4 rings (SSSR count). The minimum Gasteiger partial charge on any atom is -0.497 e. The van der Waals surface area contributed by atoms with E-state index in [1.54, 1.807) is 7.11 Å². The number of hydrogen-bond acceptors (Lipinski definition) is 7. The fourth-order valence-corrected chi connectivity index (χ4v) is 2.95. The Labute approximate surface area is 146 Å². The lowest BCUT2D eigenvalue weighted by Crippen LogP contribution is -2.16. The van der Waals surface area contributed by atoms with Gasteiger partial charge >= 0.3 is 5.76 Å². The SMILES string of the molecule is COc1ccc(-c2nc(Cn3nc(-c4cccs4)oc3=O)co2)cc1. The zero-order valence-corrected chi connectivity index (χ0v) is 14.0. The van der Waals surface area contributed by atoms with E-state index in [9.17, 15) is 4.79 Å². The lowest BCUT2D eigenvalue weighted by molar-refractivity contribution is 0.415. The molecule has 7 nitrogen and oxygen atoms in total. The van der Waals surface area contributed by atoms with Crippen LogP contribution in [0.15, 0.2) is 61.7 Å². The molecule has 4 aromatic rings. The Morgan fingerprint density at radius 2 is 2.04 bits per heavy atom. The smallest absolute Gasteiger partial charge is 0.437 e. The van der Waals surface area contributed by atoms with Gasteiger partial charge in [-0.25, -0.2) is 9.78 Å². The summed E-state index contributed by atoms with van der Waals surface area (Å²) in [6.45, 7) is 0.174. The van der Waals surface area contributed by atoms with Crippen molar-refractivity contribution in [3.05, 3.63) is 64.3 Å². The van der Waals surface area contributed by atoms with Crippen LogP contribution in [0.2, 0.25) is 0 Å². The first-order valence-corrected chi connectivity index (χ1v) is 8.31. The molecule has 3 heterocycles. The van der Waals surface area contributed by atoms with Crippen molar-refractivity contribution in [2.75, 3.05) is 7.11 Å². The quantitative estimate of drug-likeness (QED) is 0.546. The van der Waals surface area contributed by atoms with Gasteiger partial charge in [-0.3, -0.25) is 0 Å². The summed E-state index contributed by atoms with van der Waals surface area (Å²) in [6, 6.07) is 11.1. The Bertz CT molecular complexity index is 1030. The minimum absolute atomic E-state index is 0.174. The molecule has 0 spiro atoms. The van der Waals surface area contributed by atoms with Gasteiger partial charge in [0, 0.05) is 5.56 Å². The normalized spacial score (nSPS) is 10.9. The van der Waals surface area contributed by atoms with Crippen molar-refractivity contribution < 1.29 is 13.6 Å². The molecular formula is C17H13N3O4S. The van der Waals surface area contributed by atoms with Crippen LogP contribution in [0.4, 0.5) is 0 Å². The summed E-state index contributed by atoms with van der Waals surface area (Å²) in [5.74, 6) is 0.995. The van der Waals surface area contributed by atoms with Gasteiger partial charge in [-0.15, -0.1) is 16.4 Å². The Balaban J connectivity index is 1.56. The summed E-state index contributed by atoms with van der Waals surface area (Å²) in [6.07, 6.45) is 1.51. The Morgan fingerprint density at radius 1 is 1.20 bits per heavy atom. The van der Waals surface area contributed by atoms with Crippen molar-refractivity contribution >= 4 is 11.3 Å². The predicted octanol–water partition coefficient (Wildman–Crippen LogP) is 3.28. The Kier molecular flexibility index (Phi) is 3.95.